The fourth-order valence-corrected chi connectivity index (χ4v) is 1.39. The van der Waals surface area contributed by atoms with E-state index in [-0.39, 0.29) is 0 Å². The molecule has 0 bridgehead atoms. The molecule has 13 heavy (non-hydrogen) atoms. The summed E-state index contributed by atoms with van der Waals surface area (Å²) in [6, 6.07) is 3.46. The van der Waals surface area contributed by atoms with Crippen LogP contribution in [0.25, 0.3) is 0 Å². The lowest BCUT2D eigenvalue weighted by atomic mass is 10.2. The minimum absolute atomic E-state index is 0.375. The molecule has 0 amide bonds. The molecule has 0 fully saturated rings. The highest BCUT2D eigenvalue weighted by atomic mass is 35.5. The molecule has 1 rings (SSSR count). The Balaban J connectivity index is 3.25. The summed E-state index contributed by atoms with van der Waals surface area (Å²) in [5, 5.41) is 0.595. The predicted molar refractivity (Wildman–Crippen MR) is 52.4 cm³/mol. The lowest BCUT2D eigenvalue weighted by Gasteiger charge is -2.11. The summed E-state index contributed by atoms with van der Waals surface area (Å²) in [5.41, 5.74) is 6.36. The molecular weight excluding hydrogens is 190 g/mol. The average Bonchev–Trinajstić information content (AvgIpc) is 2.16. The van der Waals surface area contributed by atoms with Crippen LogP contribution in [-0.2, 0) is 6.54 Å². The first-order chi connectivity index (χ1) is 6.22. The van der Waals surface area contributed by atoms with Crippen LogP contribution >= 0.6 is 11.6 Å². The van der Waals surface area contributed by atoms with Crippen LogP contribution in [0.15, 0.2) is 12.1 Å². The average molecular weight is 202 g/mol. The summed E-state index contributed by atoms with van der Waals surface area (Å²) in [6.07, 6.45) is 0. The quantitative estimate of drug-likeness (QED) is 0.812. The van der Waals surface area contributed by atoms with Gasteiger partial charge in [-0.3, -0.25) is 0 Å². The van der Waals surface area contributed by atoms with E-state index in [0.717, 1.165) is 5.56 Å². The number of methoxy groups -OCH3 is 2. The molecule has 0 radical (unpaired) electrons. The van der Waals surface area contributed by atoms with Crippen LogP contribution in [0.5, 0.6) is 11.5 Å². The van der Waals surface area contributed by atoms with E-state index in [0.29, 0.717) is 23.1 Å². The number of rotatable bonds is 3. The zero-order chi connectivity index (χ0) is 9.84. The number of nitrogens with two attached hydrogens (primary N) is 1. The van der Waals surface area contributed by atoms with Gasteiger partial charge >= 0.3 is 0 Å². The Labute approximate surface area is 82.4 Å². The first-order valence-corrected chi connectivity index (χ1v) is 4.21. The lowest BCUT2D eigenvalue weighted by molar-refractivity contribution is 0.352. The first-order valence-electron chi connectivity index (χ1n) is 3.83. The third-order valence-corrected chi connectivity index (χ3v) is 1.96. The van der Waals surface area contributed by atoms with Crippen molar-refractivity contribution in [3.05, 3.63) is 22.7 Å². The second kappa shape index (κ2) is 4.35. The highest BCUT2D eigenvalue weighted by Gasteiger charge is 2.09. The Hall–Kier alpha value is -0.930. The molecule has 0 spiro atoms. The second-order valence-electron chi connectivity index (χ2n) is 2.50. The number of benzene rings is 1. The largest absolute Gasteiger partial charge is 0.493 e. The fraction of sp³-hybridized carbons (Fsp3) is 0.333. The molecule has 0 aromatic heterocycles. The SMILES string of the molecule is COc1cc(Cl)cc(CN)c1OC. The predicted octanol–water partition coefficient (Wildman–Crippen LogP) is 1.82. The molecule has 0 aliphatic carbocycles. The maximum absolute atomic E-state index is 5.85. The molecule has 3 nitrogen and oxygen atoms in total. The molecule has 1 aromatic carbocycles. The molecule has 0 unspecified atom stereocenters. The minimum Gasteiger partial charge on any atom is -0.493 e. The van der Waals surface area contributed by atoms with Gasteiger partial charge in [0.15, 0.2) is 11.5 Å². The van der Waals surface area contributed by atoms with E-state index in [9.17, 15) is 0 Å². The van der Waals surface area contributed by atoms with Crippen molar-refractivity contribution < 1.29 is 9.47 Å². The highest BCUT2D eigenvalue weighted by molar-refractivity contribution is 6.30. The number of hydrogen-bond acceptors (Lipinski definition) is 3. The number of ether oxygens (including phenoxy) is 2. The molecule has 0 heterocycles. The van der Waals surface area contributed by atoms with Crippen LogP contribution < -0.4 is 15.2 Å². The standard InChI is InChI=1S/C9H12ClNO2/c1-12-8-4-7(10)3-6(5-11)9(8)13-2/h3-4H,5,11H2,1-2H3. The van der Waals surface area contributed by atoms with Gasteiger partial charge in [-0.2, -0.15) is 0 Å². The summed E-state index contributed by atoms with van der Waals surface area (Å²) in [6.45, 7) is 0.375. The third kappa shape index (κ3) is 2.05. The first kappa shape index (κ1) is 10.2. The van der Waals surface area contributed by atoms with Gasteiger partial charge in [0.05, 0.1) is 14.2 Å². The molecule has 0 saturated carbocycles. The van der Waals surface area contributed by atoms with Crippen molar-refractivity contribution in [2.75, 3.05) is 14.2 Å². The fourth-order valence-electron chi connectivity index (χ4n) is 1.16. The van der Waals surface area contributed by atoms with Crippen molar-refractivity contribution in [3.8, 4) is 11.5 Å². The molecule has 0 atom stereocenters. The molecule has 72 valence electrons. The van der Waals surface area contributed by atoms with Crippen LogP contribution in [0.1, 0.15) is 5.56 Å². The summed E-state index contributed by atoms with van der Waals surface area (Å²) in [7, 11) is 3.14. The summed E-state index contributed by atoms with van der Waals surface area (Å²) >= 11 is 5.85. The van der Waals surface area contributed by atoms with Crippen molar-refractivity contribution >= 4 is 11.6 Å². The Morgan fingerprint density at radius 2 is 2.00 bits per heavy atom. The van der Waals surface area contributed by atoms with Crippen LogP contribution in [0, 0.1) is 0 Å². The normalized spacial score (nSPS) is 9.85. The Kier molecular flexibility index (Phi) is 3.39. The van der Waals surface area contributed by atoms with Gasteiger partial charge in [-0.05, 0) is 6.07 Å². The van der Waals surface area contributed by atoms with Crippen molar-refractivity contribution in [2.24, 2.45) is 5.73 Å². The van der Waals surface area contributed by atoms with Gasteiger partial charge in [0.25, 0.3) is 0 Å². The van der Waals surface area contributed by atoms with Crippen molar-refractivity contribution in [1.82, 2.24) is 0 Å². The topological polar surface area (TPSA) is 44.5 Å². The lowest BCUT2D eigenvalue weighted by Crippen LogP contribution is -2.01. The highest BCUT2D eigenvalue weighted by Crippen LogP contribution is 2.33. The zero-order valence-corrected chi connectivity index (χ0v) is 8.39. The van der Waals surface area contributed by atoms with Gasteiger partial charge in [-0.25, -0.2) is 0 Å². The van der Waals surface area contributed by atoms with Gasteiger partial charge in [0.1, 0.15) is 0 Å². The van der Waals surface area contributed by atoms with E-state index in [2.05, 4.69) is 0 Å². The van der Waals surface area contributed by atoms with Crippen LogP contribution in [0.3, 0.4) is 0 Å². The third-order valence-electron chi connectivity index (χ3n) is 1.74. The number of halogens is 1. The van der Waals surface area contributed by atoms with Crippen molar-refractivity contribution in [2.45, 2.75) is 6.54 Å². The maximum Gasteiger partial charge on any atom is 0.165 e. The molecule has 0 saturated heterocycles. The van der Waals surface area contributed by atoms with Gasteiger partial charge in [0.2, 0.25) is 0 Å². The van der Waals surface area contributed by atoms with E-state index < -0.39 is 0 Å². The maximum atomic E-state index is 5.85. The molecule has 0 aliphatic rings. The Morgan fingerprint density at radius 1 is 1.31 bits per heavy atom. The minimum atomic E-state index is 0.375. The second-order valence-corrected chi connectivity index (χ2v) is 2.94. The molecule has 4 heteroatoms. The monoisotopic (exact) mass is 201 g/mol. The summed E-state index contributed by atoms with van der Waals surface area (Å²) in [5.74, 6) is 1.25. The molecular formula is C9H12ClNO2. The van der Waals surface area contributed by atoms with Gasteiger partial charge < -0.3 is 15.2 Å². The van der Waals surface area contributed by atoms with Crippen LogP contribution in [-0.4, -0.2) is 14.2 Å². The molecule has 2 N–H and O–H groups in total. The van der Waals surface area contributed by atoms with E-state index in [1.54, 1.807) is 26.4 Å². The van der Waals surface area contributed by atoms with Gasteiger partial charge in [0, 0.05) is 23.2 Å². The van der Waals surface area contributed by atoms with Crippen LogP contribution in [0.2, 0.25) is 5.02 Å². The Morgan fingerprint density at radius 3 is 2.46 bits per heavy atom. The summed E-state index contributed by atoms with van der Waals surface area (Å²) < 4.78 is 10.2. The Bertz CT molecular complexity index is 277. The smallest absolute Gasteiger partial charge is 0.165 e. The van der Waals surface area contributed by atoms with E-state index >= 15 is 0 Å². The van der Waals surface area contributed by atoms with Gasteiger partial charge in [-0.15, -0.1) is 0 Å². The van der Waals surface area contributed by atoms with E-state index in [1.165, 1.54) is 0 Å². The number of hydrogen-bond donors (Lipinski definition) is 1. The molecule has 1 aromatic rings. The van der Waals surface area contributed by atoms with Crippen molar-refractivity contribution in [3.63, 3.8) is 0 Å². The summed E-state index contributed by atoms with van der Waals surface area (Å²) in [4.78, 5) is 0. The van der Waals surface area contributed by atoms with E-state index in [4.69, 9.17) is 26.8 Å². The molecule has 0 aliphatic heterocycles. The van der Waals surface area contributed by atoms with Gasteiger partial charge in [-0.1, -0.05) is 11.6 Å². The zero-order valence-electron chi connectivity index (χ0n) is 7.63. The van der Waals surface area contributed by atoms with Crippen molar-refractivity contribution in [1.29, 1.82) is 0 Å². The van der Waals surface area contributed by atoms with Crippen LogP contribution in [0.4, 0.5) is 0 Å². The van der Waals surface area contributed by atoms with E-state index in [1.807, 2.05) is 0 Å².